The Hall–Kier alpha value is -1.53. The minimum atomic E-state index is 0.173. The highest BCUT2D eigenvalue weighted by atomic mass is 35.5. The molecule has 1 fully saturated rings. The molecule has 1 saturated heterocycles. The van der Waals surface area contributed by atoms with Crippen molar-refractivity contribution in [2.24, 2.45) is 7.05 Å². The molecule has 1 aliphatic rings. The van der Waals surface area contributed by atoms with Gasteiger partial charge in [0.05, 0.1) is 10.8 Å². The zero-order chi connectivity index (χ0) is 18.0. The lowest BCUT2D eigenvalue weighted by atomic mass is 9.98. The second-order valence-electron chi connectivity index (χ2n) is 6.56. The van der Waals surface area contributed by atoms with Crippen LogP contribution in [0.25, 0.3) is 11.4 Å². The lowest BCUT2D eigenvalue weighted by Crippen LogP contribution is -2.48. The van der Waals surface area contributed by atoms with E-state index in [0.29, 0.717) is 28.7 Å². The number of amides is 1. The molecule has 1 aliphatic heterocycles. The number of likely N-dealkylation sites (tertiary alicyclic amines) is 1. The molecule has 0 bridgehead atoms. The minimum absolute atomic E-state index is 0.173. The van der Waals surface area contributed by atoms with Crippen LogP contribution in [0.4, 0.5) is 0 Å². The first-order chi connectivity index (χ1) is 12.0. The van der Waals surface area contributed by atoms with Crippen molar-refractivity contribution in [3.05, 3.63) is 29.3 Å². The molecule has 0 saturated carbocycles. The van der Waals surface area contributed by atoms with Crippen LogP contribution in [0.1, 0.15) is 33.1 Å². The number of benzene rings is 1. The zero-order valence-electron chi connectivity index (χ0n) is 14.8. The van der Waals surface area contributed by atoms with Crippen LogP contribution >= 0.6 is 23.4 Å². The highest BCUT2D eigenvalue weighted by Gasteiger charge is 2.29. The molecule has 25 heavy (non-hydrogen) atoms. The predicted octanol–water partition coefficient (Wildman–Crippen LogP) is 4.02. The van der Waals surface area contributed by atoms with E-state index in [4.69, 9.17) is 11.6 Å². The van der Waals surface area contributed by atoms with Crippen molar-refractivity contribution < 1.29 is 4.79 Å². The first-order valence-corrected chi connectivity index (χ1v) is 9.93. The third-order valence-corrected chi connectivity index (χ3v) is 6.09. The molecule has 0 unspecified atom stereocenters. The normalized spacial score (nSPS) is 20.7. The smallest absolute Gasteiger partial charge is 0.233 e. The van der Waals surface area contributed by atoms with Crippen LogP contribution in [0.5, 0.6) is 0 Å². The average Bonchev–Trinajstić information content (AvgIpc) is 2.94. The molecule has 2 atom stereocenters. The predicted molar refractivity (Wildman–Crippen MR) is 102 cm³/mol. The largest absolute Gasteiger partial charge is 0.337 e. The van der Waals surface area contributed by atoms with E-state index in [0.717, 1.165) is 23.6 Å². The van der Waals surface area contributed by atoms with Crippen molar-refractivity contribution in [1.29, 1.82) is 0 Å². The first kappa shape index (κ1) is 18.3. The summed E-state index contributed by atoms with van der Waals surface area (Å²) in [4.78, 5) is 14.7. The fourth-order valence-corrected chi connectivity index (χ4v) is 4.43. The summed E-state index contributed by atoms with van der Waals surface area (Å²) in [7, 11) is 1.90. The van der Waals surface area contributed by atoms with Crippen molar-refractivity contribution in [3.8, 4) is 11.4 Å². The van der Waals surface area contributed by atoms with Gasteiger partial charge in [0.25, 0.3) is 0 Å². The summed E-state index contributed by atoms with van der Waals surface area (Å²) in [5, 5.41) is 9.85. The number of rotatable bonds is 4. The van der Waals surface area contributed by atoms with Crippen molar-refractivity contribution in [2.45, 2.75) is 50.4 Å². The molecular weight excluding hydrogens is 356 g/mol. The molecule has 5 nitrogen and oxygen atoms in total. The summed E-state index contributed by atoms with van der Waals surface area (Å²) in [6.45, 7) is 4.27. The standard InChI is InChI=1S/C18H23ClN4OS/c1-12-7-6-8-13(2)23(12)16(24)11-25-18-21-20-17(22(18)3)14-9-4-5-10-15(14)19/h4-5,9-10,12-13H,6-8,11H2,1-3H3/t12-,13-/m0/s1. The topological polar surface area (TPSA) is 51.0 Å². The zero-order valence-corrected chi connectivity index (χ0v) is 16.3. The molecule has 0 radical (unpaired) electrons. The van der Waals surface area contributed by atoms with Gasteiger partial charge < -0.3 is 9.47 Å². The maximum atomic E-state index is 12.7. The van der Waals surface area contributed by atoms with E-state index < -0.39 is 0 Å². The van der Waals surface area contributed by atoms with Gasteiger partial charge in [0.15, 0.2) is 11.0 Å². The molecule has 0 spiro atoms. The molecule has 1 aromatic heterocycles. The second-order valence-corrected chi connectivity index (χ2v) is 7.91. The highest BCUT2D eigenvalue weighted by Crippen LogP contribution is 2.29. The van der Waals surface area contributed by atoms with Crippen LogP contribution in [0, 0.1) is 0 Å². The van der Waals surface area contributed by atoms with Crippen molar-refractivity contribution in [2.75, 3.05) is 5.75 Å². The third kappa shape index (κ3) is 3.85. The molecule has 0 aliphatic carbocycles. The van der Waals surface area contributed by atoms with Gasteiger partial charge in [-0.25, -0.2) is 0 Å². The van der Waals surface area contributed by atoms with E-state index in [1.165, 1.54) is 18.2 Å². The van der Waals surface area contributed by atoms with E-state index in [1.54, 1.807) is 0 Å². The number of piperidine rings is 1. The number of carbonyl (C=O) groups excluding carboxylic acids is 1. The molecule has 7 heteroatoms. The Morgan fingerprint density at radius 1 is 1.24 bits per heavy atom. The Morgan fingerprint density at radius 3 is 2.60 bits per heavy atom. The van der Waals surface area contributed by atoms with E-state index in [-0.39, 0.29) is 5.91 Å². The molecule has 1 amide bonds. The summed E-state index contributed by atoms with van der Waals surface area (Å²) in [6, 6.07) is 8.19. The Morgan fingerprint density at radius 2 is 1.92 bits per heavy atom. The van der Waals surface area contributed by atoms with Gasteiger partial charge in [-0.3, -0.25) is 4.79 Å². The second kappa shape index (κ2) is 7.79. The molecule has 134 valence electrons. The highest BCUT2D eigenvalue weighted by molar-refractivity contribution is 7.99. The van der Waals surface area contributed by atoms with Gasteiger partial charge in [-0.2, -0.15) is 0 Å². The van der Waals surface area contributed by atoms with Gasteiger partial charge in [-0.1, -0.05) is 35.5 Å². The van der Waals surface area contributed by atoms with E-state index >= 15 is 0 Å². The lowest BCUT2D eigenvalue weighted by Gasteiger charge is -2.39. The monoisotopic (exact) mass is 378 g/mol. The van der Waals surface area contributed by atoms with Crippen LogP contribution in [0.3, 0.4) is 0 Å². The summed E-state index contributed by atoms with van der Waals surface area (Å²) in [5.74, 6) is 1.26. The fraction of sp³-hybridized carbons (Fsp3) is 0.500. The molecule has 2 heterocycles. The average molecular weight is 379 g/mol. The molecule has 2 aromatic rings. The SMILES string of the molecule is C[C@H]1CCC[C@H](C)N1C(=O)CSc1nnc(-c2ccccc2Cl)n1C. The van der Waals surface area contributed by atoms with Gasteiger partial charge >= 0.3 is 0 Å². The van der Waals surface area contributed by atoms with Crippen LogP contribution in [-0.4, -0.2) is 43.4 Å². The van der Waals surface area contributed by atoms with Crippen LogP contribution in [0.2, 0.25) is 5.02 Å². The van der Waals surface area contributed by atoms with Crippen LogP contribution in [-0.2, 0) is 11.8 Å². The Bertz CT molecular complexity index is 753. The molecule has 1 aromatic carbocycles. The lowest BCUT2D eigenvalue weighted by molar-refractivity contribution is -0.134. The molecular formula is C18H23ClN4OS. The van der Waals surface area contributed by atoms with Crippen molar-refractivity contribution in [3.63, 3.8) is 0 Å². The Balaban J connectivity index is 1.70. The fourth-order valence-electron chi connectivity index (χ4n) is 3.43. The van der Waals surface area contributed by atoms with E-state index in [2.05, 4.69) is 24.0 Å². The number of hydrogen-bond acceptors (Lipinski definition) is 4. The van der Waals surface area contributed by atoms with Gasteiger partial charge in [0.2, 0.25) is 5.91 Å². The Labute approximate surface area is 157 Å². The first-order valence-electron chi connectivity index (χ1n) is 8.57. The maximum absolute atomic E-state index is 12.7. The van der Waals surface area contributed by atoms with Crippen LogP contribution < -0.4 is 0 Å². The van der Waals surface area contributed by atoms with E-state index in [9.17, 15) is 4.79 Å². The van der Waals surface area contributed by atoms with Gasteiger partial charge in [0, 0.05) is 24.7 Å². The number of nitrogens with zero attached hydrogens (tertiary/aromatic N) is 4. The van der Waals surface area contributed by atoms with Crippen molar-refractivity contribution in [1.82, 2.24) is 19.7 Å². The minimum Gasteiger partial charge on any atom is -0.337 e. The van der Waals surface area contributed by atoms with Gasteiger partial charge in [0.1, 0.15) is 0 Å². The van der Waals surface area contributed by atoms with Crippen molar-refractivity contribution >= 4 is 29.3 Å². The summed E-state index contributed by atoms with van der Waals surface area (Å²) < 4.78 is 1.89. The summed E-state index contributed by atoms with van der Waals surface area (Å²) in [5.41, 5.74) is 0.843. The van der Waals surface area contributed by atoms with Gasteiger partial charge in [-0.15, -0.1) is 10.2 Å². The van der Waals surface area contributed by atoms with Crippen LogP contribution in [0.15, 0.2) is 29.4 Å². The van der Waals surface area contributed by atoms with E-state index in [1.807, 2.05) is 40.8 Å². The Kier molecular flexibility index (Phi) is 5.69. The van der Waals surface area contributed by atoms with Gasteiger partial charge in [-0.05, 0) is 45.2 Å². The number of carbonyl (C=O) groups is 1. The number of thioether (sulfide) groups is 1. The maximum Gasteiger partial charge on any atom is 0.233 e. The number of aromatic nitrogens is 3. The summed E-state index contributed by atoms with van der Waals surface area (Å²) in [6.07, 6.45) is 3.37. The molecule has 3 rings (SSSR count). The number of halogens is 1. The summed E-state index contributed by atoms with van der Waals surface area (Å²) >= 11 is 7.68. The quantitative estimate of drug-likeness (QED) is 0.754. The molecule has 0 N–H and O–H groups in total. The number of hydrogen-bond donors (Lipinski definition) is 0. The third-order valence-electron chi connectivity index (χ3n) is 4.76.